The van der Waals surface area contributed by atoms with E-state index in [1.54, 1.807) is 0 Å². The van der Waals surface area contributed by atoms with Crippen LogP contribution in [0.4, 0.5) is 10.5 Å². The van der Waals surface area contributed by atoms with Crippen LogP contribution >= 0.6 is 0 Å². The molecule has 2 saturated carbocycles. The van der Waals surface area contributed by atoms with Gasteiger partial charge in [0.15, 0.2) is 5.82 Å². The van der Waals surface area contributed by atoms with Gasteiger partial charge in [0.05, 0.1) is 30.0 Å². The third kappa shape index (κ3) is 4.92. The molecule has 2 aromatic heterocycles. The Labute approximate surface area is 232 Å². The molecule has 1 aliphatic heterocycles. The van der Waals surface area contributed by atoms with Crippen molar-refractivity contribution in [2.45, 2.75) is 70.1 Å². The zero-order valence-electron chi connectivity index (χ0n) is 22.6. The highest BCUT2D eigenvalue weighted by atomic mass is 16.6. The molecule has 1 unspecified atom stereocenters. The second kappa shape index (κ2) is 10.6. The lowest BCUT2D eigenvalue weighted by Gasteiger charge is -2.30. The van der Waals surface area contributed by atoms with Crippen molar-refractivity contribution in [2.24, 2.45) is 5.92 Å². The van der Waals surface area contributed by atoms with Gasteiger partial charge < -0.3 is 18.8 Å². The number of nitrogens with one attached hydrogen (secondary N) is 2. The molecule has 0 radical (unpaired) electrons. The number of anilines is 1. The van der Waals surface area contributed by atoms with Crippen LogP contribution in [0.1, 0.15) is 57.9 Å². The molecule has 1 atom stereocenters. The topological polar surface area (TPSA) is 116 Å². The minimum atomic E-state index is -0.416. The molecule has 4 aromatic rings. The zero-order chi connectivity index (χ0) is 27.1. The number of aromatic nitrogens is 5. The summed E-state index contributed by atoms with van der Waals surface area (Å²) in [7, 11) is 0. The largest absolute Gasteiger partial charge is 0.490 e. The summed E-state index contributed by atoms with van der Waals surface area (Å²) in [6.45, 7) is 3.43. The minimum absolute atomic E-state index is 0.0594. The van der Waals surface area contributed by atoms with Gasteiger partial charge in [0.25, 0.3) is 0 Å². The Morgan fingerprint density at radius 1 is 1.07 bits per heavy atom. The second-order valence-corrected chi connectivity index (χ2v) is 11.2. The maximum absolute atomic E-state index is 12.4. The third-order valence-corrected chi connectivity index (χ3v) is 8.45. The number of hydrogen-bond acceptors (Lipinski definition) is 7. The number of rotatable bonds is 8. The average Bonchev–Trinajstić information content (AvgIpc) is 3.56. The Kier molecular flexibility index (Phi) is 6.63. The SMILES string of the molecule is CC(OC(=O)Nc1ccc(-c2c(-c3nnn[nH]3)c3ccc(OC4CCOCC4)cc3n2C2CCC2)cc1)C1CC1. The molecular formula is C30H34N6O4. The number of aromatic amines is 1. The van der Waals surface area contributed by atoms with Gasteiger partial charge in [0, 0.05) is 36.0 Å². The number of H-pyrrole nitrogens is 1. The summed E-state index contributed by atoms with van der Waals surface area (Å²) in [6, 6.07) is 14.6. The zero-order valence-corrected chi connectivity index (χ0v) is 22.6. The summed E-state index contributed by atoms with van der Waals surface area (Å²) >= 11 is 0. The van der Waals surface area contributed by atoms with Crippen molar-refractivity contribution in [3.8, 4) is 28.4 Å². The maximum atomic E-state index is 12.4. The van der Waals surface area contributed by atoms with Gasteiger partial charge in [-0.2, -0.15) is 0 Å². The summed E-state index contributed by atoms with van der Waals surface area (Å²) < 4.78 is 19.9. The van der Waals surface area contributed by atoms with Crippen LogP contribution in [0.25, 0.3) is 33.5 Å². The first-order valence-electron chi connectivity index (χ1n) is 14.4. The predicted octanol–water partition coefficient (Wildman–Crippen LogP) is 6.12. The van der Waals surface area contributed by atoms with Crippen molar-refractivity contribution in [2.75, 3.05) is 18.5 Å². The first-order chi connectivity index (χ1) is 19.6. The summed E-state index contributed by atoms with van der Waals surface area (Å²) in [4.78, 5) is 12.4. The molecule has 3 heterocycles. The molecule has 1 saturated heterocycles. The van der Waals surface area contributed by atoms with Crippen LogP contribution in [-0.2, 0) is 9.47 Å². The Balaban J connectivity index is 1.26. The molecule has 7 rings (SSSR count). The Bertz CT molecular complexity index is 1480. The lowest BCUT2D eigenvalue weighted by atomic mass is 9.92. The molecule has 2 aliphatic carbocycles. The molecule has 10 heteroatoms. The van der Waals surface area contributed by atoms with E-state index in [1.807, 2.05) is 37.3 Å². The van der Waals surface area contributed by atoms with E-state index in [4.69, 9.17) is 14.2 Å². The molecule has 40 heavy (non-hydrogen) atoms. The highest BCUT2D eigenvalue weighted by molar-refractivity contribution is 6.03. The number of hydrogen-bond donors (Lipinski definition) is 2. The van der Waals surface area contributed by atoms with Crippen molar-refractivity contribution < 1.29 is 19.0 Å². The van der Waals surface area contributed by atoms with Crippen molar-refractivity contribution in [1.29, 1.82) is 0 Å². The molecule has 0 bridgehead atoms. The maximum Gasteiger partial charge on any atom is 0.411 e. The number of benzene rings is 2. The van der Waals surface area contributed by atoms with Gasteiger partial charge in [0.1, 0.15) is 18.0 Å². The van der Waals surface area contributed by atoms with Crippen LogP contribution in [-0.4, -0.2) is 56.7 Å². The van der Waals surface area contributed by atoms with E-state index in [0.29, 0.717) is 23.5 Å². The molecule has 10 nitrogen and oxygen atoms in total. The van der Waals surface area contributed by atoms with Gasteiger partial charge in [-0.3, -0.25) is 5.32 Å². The number of carbonyl (C=O) groups is 1. The van der Waals surface area contributed by atoms with Gasteiger partial charge in [-0.1, -0.05) is 12.1 Å². The standard InChI is InChI=1S/C30H34N6O4/c1-18(19-5-6-19)39-30(37)31-21-9-7-20(8-10-21)28-27(29-32-34-35-33-29)25-12-11-24(40-23-13-15-38-16-14-23)17-26(25)36(28)22-3-2-4-22/h7-12,17-19,22-23H,2-6,13-16H2,1H3,(H,31,37)(H,32,33,34,35). The lowest BCUT2D eigenvalue weighted by molar-refractivity contribution is 0.0256. The van der Waals surface area contributed by atoms with Crippen LogP contribution in [0.2, 0.25) is 0 Å². The number of tetrazole rings is 1. The summed E-state index contributed by atoms with van der Waals surface area (Å²) in [6.07, 6.45) is 7.17. The van der Waals surface area contributed by atoms with Crippen LogP contribution < -0.4 is 10.1 Å². The molecule has 208 valence electrons. The highest BCUT2D eigenvalue weighted by Gasteiger charge is 2.31. The average molecular weight is 543 g/mol. The van der Waals surface area contributed by atoms with E-state index in [-0.39, 0.29) is 12.2 Å². The highest BCUT2D eigenvalue weighted by Crippen LogP contribution is 2.46. The molecule has 3 aliphatic rings. The lowest BCUT2D eigenvalue weighted by Crippen LogP contribution is -2.25. The minimum Gasteiger partial charge on any atom is -0.490 e. The molecule has 2 N–H and O–H groups in total. The number of nitrogens with zero attached hydrogens (tertiary/aromatic N) is 4. The van der Waals surface area contributed by atoms with Crippen molar-refractivity contribution in [3.63, 3.8) is 0 Å². The summed E-state index contributed by atoms with van der Waals surface area (Å²) in [5, 5.41) is 19.0. The van der Waals surface area contributed by atoms with Crippen LogP contribution in [0.5, 0.6) is 5.75 Å². The Morgan fingerprint density at radius 2 is 1.88 bits per heavy atom. The van der Waals surface area contributed by atoms with E-state index in [0.717, 1.165) is 85.2 Å². The van der Waals surface area contributed by atoms with E-state index in [1.165, 1.54) is 6.42 Å². The van der Waals surface area contributed by atoms with Crippen LogP contribution in [0, 0.1) is 5.92 Å². The van der Waals surface area contributed by atoms with Crippen molar-refractivity contribution in [3.05, 3.63) is 42.5 Å². The second-order valence-electron chi connectivity index (χ2n) is 11.2. The molecule has 1 amide bonds. The first-order valence-corrected chi connectivity index (χ1v) is 14.4. The number of fused-ring (bicyclic) bond motifs is 1. The van der Waals surface area contributed by atoms with E-state index in [2.05, 4.69) is 42.6 Å². The molecular weight excluding hydrogens is 508 g/mol. The van der Waals surface area contributed by atoms with Crippen LogP contribution in [0.15, 0.2) is 42.5 Å². The monoisotopic (exact) mass is 542 g/mol. The van der Waals surface area contributed by atoms with Crippen LogP contribution in [0.3, 0.4) is 0 Å². The summed E-state index contributed by atoms with van der Waals surface area (Å²) in [5.41, 5.74) is 4.83. The Morgan fingerprint density at radius 3 is 2.55 bits per heavy atom. The fourth-order valence-electron chi connectivity index (χ4n) is 5.85. The summed E-state index contributed by atoms with van der Waals surface area (Å²) in [5.74, 6) is 1.98. The number of carbonyl (C=O) groups excluding carboxylic acids is 1. The van der Waals surface area contributed by atoms with E-state index in [9.17, 15) is 4.79 Å². The fourth-order valence-corrected chi connectivity index (χ4v) is 5.85. The quantitative estimate of drug-likeness (QED) is 0.276. The van der Waals surface area contributed by atoms with E-state index >= 15 is 0 Å². The third-order valence-electron chi connectivity index (χ3n) is 8.45. The van der Waals surface area contributed by atoms with Gasteiger partial charge >= 0.3 is 6.09 Å². The predicted molar refractivity (Wildman–Crippen MR) is 150 cm³/mol. The van der Waals surface area contributed by atoms with Gasteiger partial charge in [-0.15, -0.1) is 5.10 Å². The first kappa shape index (κ1) is 25.1. The number of amides is 1. The normalized spacial score (nSPS) is 18.8. The van der Waals surface area contributed by atoms with Gasteiger partial charge in [-0.05, 0) is 85.2 Å². The van der Waals surface area contributed by atoms with Crippen molar-refractivity contribution >= 4 is 22.7 Å². The van der Waals surface area contributed by atoms with Gasteiger partial charge in [-0.25, -0.2) is 9.89 Å². The molecule has 3 fully saturated rings. The fraction of sp³-hybridized carbons (Fsp3) is 0.467. The number of ether oxygens (including phenoxy) is 3. The smallest absolute Gasteiger partial charge is 0.411 e. The van der Waals surface area contributed by atoms with Crippen molar-refractivity contribution in [1.82, 2.24) is 25.2 Å². The van der Waals surface area contributed by atoms with E-state index < -0.39 is 6.09 Å². The Hall–Kier alpha value is -3.92. The molecule has 0 spiro atoms. The van der Waals surface area contributed by atoms with Gasteiger partial charge in [0.2, 0.25) is 0 Å². The molecule has 2 aromatic carbocycles.